The molecule has 0 fully saturated rings. The molecule has 4 nitrogen and oxygen atoms in total. The first kappa shape index (κ1) is 16.1. The van der Waals surface area contributed by atoms with Crippen molar-refractivity contribution < 1.29 is 9.53 Å². The minimum Gasteiger partial charge on any atom is -0.491 e. The highest BCUT2D eigenvalue weighted by Gasteiger charge is 2.04. The summed E-state index contributed by atoms with van der Waals surface area (Å²) in [5, 5.41) is 6.83. The van der Waals surface area contributed by atoms with E-state index >= 15 is 0 Å². The second-order valence-corrected chi connectivity index (χ2v) is 4.82. The van der Waals surface area contributed by atoms with E-state index < -0.39 is 0 Å². The van der Waals surface area contributed by atoms with Crippen LogP contribution in [0.15, 0.2) is 18.2 Å². The van der Waals surface area contributed by atoms with Crippen molar-refractivity contribution in [3.05, 3.63) is 28.2 Å². The molecule has 0 spiro atoms. The number of halogens is 2. The number of amides is 1. The van der Waals surface area contributed by atoms with Crippen molar-refractivity contribution in [1.82, 2.24) is 10.6 Å². The van der Waals surface area contributed by atoms with Crippen LogP contribution < -0.4 is 15.4 Å². The van der Waals surface area contributed by atoms with Crippen LogP contribution in [-0.2, 0) is 4.79 Å². The van der Waals surface area contributed by atoms with Crippen LogP contribution in [0.25, 0.3) is 0 Å². The van der Waals surface area contributed by atoms with E-state index in [1.807, 2.05) is 7.05 Å². The Hall–Kier alpha value is -0.970. The first-order chi connectivity index (χ1) is 9.13. The van der Waals surface area contributed by atoms with E-state index in [0.29, 0.717) is 35.4 Å². The van der Waals surface area contributed by atoms with Crippen LogP contribution in [0.3, 0.4) is 0 Å². The van der Waals surface area contributed by atoms with E-state index in [4.69, 9.17) is 27.9 Å². The largest absolute Gasteiger partial charge is 0.491 e. The Morgan fingerprint density at radius 3 is 2.79 bits per heavy atom. The van der Waals surface area contributed by atoms with Gasteiger partial charge in [0.2, 0.25) is 5.91 Å². The third-order valence-electron chi connectivity index (χ3n) is 2.41. The van der Waals surface area contributed by atoms with Gasteiger partial charge in [-0.3, -0.25) is 4.79 Å². The highest BCUT2D eigenvalue weighted by Crippen LogP contribution is 2.27. The van der Waals surface area contributed by atoms with Gasteiger partial charge in [0, 0.05) is 11.6 Å². The van der Waals surface area contributed by atoms with Crippen LogP contribution in [0.4, 0.5) is 0 Å². The maximum atomic E-state index is 11.5. The number of carbonyl (C=O) groups is 1. The van der Waals surface area contributed by atoms with Crippen LogP contribution >= 0.6 is 23.2 Å². The zero-order valence-electron chi connectivity index (χ0n) is 10.8. The fraction of sp³-hybridized carbons (Fsp3) is 0.462. The SMILES string of the molecule is CNCCCNC(=O)CCOc1ccc(Cl)cc1Cl. The van der Waals surface area contributed by atoms with E-state index in [-0.39, 0.29) is 5.91 Å². The fourth-order valence-corrected chi connectivity index (χ4v) is 1.89. The van der Waals surface area contributed by atoms with E-state index in [2.05, 4.69) is 10.6 Å². The molecule has 0 atom stereocenters. The maximum absolute atomic E-state index is 11.5. The zero-order valence-corrected chi connectivity index (χ0v) is 12.4. The summed E-state index contributed by atoms with van der Waals surface area (Å²) in [6.45, 7) is 1.84. The smallest absolute Gasteiger partial charge is 0.223 e. The number of rotatable bonds is 8. The second-order valence-electron chi connectivity index (χ2n) is 3.98. The Morgan fingerprint density at radius 1 is 1.32 bits per heavy atom. The van der Waals surface area contributed by atoms with Crippen LogP contribution in [-0.4, -0.2) is 32.7 Å². The molecule has 0 aliphatic heterocycles. The lowest BCUT2D eigenvalue weighted by molar-refractivity contribution is -0.121. The average Bonchev–Trinajstić information content (AvgIpc) is 2.37. The van der Waals surface area contributed by atoms with Crippen molar-refractivity contribution in [3.8, 4) is 5.75 Å². The predicted molar refractivity (Wildman–Crippen MR) is 78.1 cm³/mol. The average molecular weight is 305 g/mol. The van der Waals surface area contributed by atoms with E-state index in [1.165, 1.54) is 0 Å². The van der Waals surface area contributed by atoms with Gasteiger partial charge >= 0.3 is 0 Å². The molecular formula is C13H18Cl2N2O2. The van der Waals surface area contributed by atoms with Gasteiger partial charge in [0.1, 0.15) is 5.75 Å². The Balaban J connectivity index is 2.20. The fourth-order valence-electron chi connectivity index (χ4n) is 1.43. The Bertz CT molecular complexity index is 414. The van der Waals surface area contributed by atoms with Gasteiger partial charge in [-0.2, -0.15) is 0 Å². The summed E-state index contributed by atoms with van der Waals surface area (Å²) < 4.78 is 5.43. The van der Waals surface area contributed by atoms with Gasteiger partial charge in [-0.15, -0.1) is 0 Å². The van der Waals surface area contributed by atoms with Crippen LogP contribution in [0.2, 0.25) is 10.0 Å². The van der Waals surface area contributed by atoms with Crippen LogP contribution in [0, 0.1) is 0 Å². The summed E-state index contributed by atoms with van der Waals surface area (Å²) in [6, 6.07) is 4.99. The molecule has 0 saturated heterocycles. The molecule has 1 rings (SSSR count). The number of ether oxygens (including phenoxy) is 1. The lowest BCUT2D eigenvalue weighted by atomic mass is 10.3. The van der Waals surface area contributed by atoms with Gasteiger partial charge in [-0.1, -0.05) is 23.2 Å². The second kappa shape index (κ2) is 9.02. The molecule has 0 saturated carbocycles. The summed E-state index contributed by atoms with van der Waals surface area (Å²) in [4.78, 5) is 11.5. The van der Waals surface area contributed by atoms with Crippen LogP contribution in [0.5, 0.6) is 5.75 Å². The minimum absolute atomic E-state index is 0.0267. The van der Waals surface area contributed by atoms with Crippen molar-refractivity contribution in [2.24, 2.45) is 0 Å². The standard InChI is InChI=1S/C13H18Cl2N2O2/c1-16-6-2-7-17-13(18)5-8-19-12-4-3-10(14)9-11(12)15/h3-4,9,16H,2,5-8H2,1H3,(H,17,18). The van der Waals surface area contributed by atoms with Gasteiger partial charge < -0.3 is 15.4 Å². The van der Waals surface area contributed by atoms with E-state index in [0.717, 1.165) is 13.0 Å². The molecule has 0 aromatic heterocycles. The quantitative estimate of drug-likeness (QED) is 0.726. The molecule has 0 aliphatic rings. The van der Waals surface area contributed by atoms with Crippen molar-refractivity contribution in [2.45, 2.75) is 12.8 Å². The minimum atomic E-state index is -0.0267. The van der Waals surface area contributed by atoms with Crippen molar-refractivity contribution in [3.63, 3.8) is 0 Å². The van der Waals surface area contributed by atoms with Crippen molar-refractivity contribution >= 4 is 29.1 Å². The van der Waals surface area contributed by atoms with E-state index in [9.17, 15) is 4.79 Å². The summed E-state index contributed by atoms with van der Waals surface area (Å²) in [6.07, 6.45) is 1.21. The van der Waals surface area contributed by atoms with E-state index in [1.54, 1.807) is 18.2 Å². The lowest BCUT2D eigenvalue weighted by Crippen LogP contribution is -2.27. The molecule has 1 amide bonds. The molecule has 2 N–H and O–H groups in total. The van der Waals surface area contributed by atoms with Gasteiger partial charge in [-0.25, -0.2) is 0 Å². The molecule has 1 aromatic carbocycles. The Kier molecular flexibility index (Phi) is 7.63. The summed E-state index contributed by atoms with van der Waals surface area (Å²) >= 11 is 11.7. The molecule has 0 radical (unpaired) electrons. The number of nitrogens with one attached hydrogen (secondary N) is 2. The lowest BCUT2D eigenvalue weighted by Gasteiger charge is -2.08. The normalized spacial score (nSPS) is 10.3. The summed E-state index contributed by atoms with van der Waals surface area (Å²) in [7, 11) is 1.88. The number of hydrogen-bond acceptors (Lipinski definition) is 3. The molecule has 0 heterocycles. The molecule has 0 unspecified atom stereocenters. The molecule has 1 aromatic rings. The topological polar surface area (TPSA) is 50.4 Å². The monoisotopic (exact) mass is 304 g/mol. The van der Waals surface area contributed by atoms with Gasteiger partial charge in [-0.05, 0) is 38.2 Å². The third-order valence-corrected chi connectivity index (χ3v) is 2.94. The van der Waals surface area contributed by atoms with Crippen LogP contribution in [0.1, 0.15) is 12.8 Å². The highest BCUT2D eigenvalue weighted by atomic mass is 35.5. The first-order valence-electron chi connectivity index (χ1n) is 6.12. The van der Waals surface area contributed by atoms with Crippen molar-refractivity contribution in [2.75, 3.05) is 26.7 Å². The summed E-state index contributed by atoms with van der Waals surface area (Å²) in [5.41, 5.74) is 0. The third kappa shape index (κ3) is 6.66. The Labute approximate surface area is 123 Å². The van der Waals surface area contributed by atoms with Gasteiger partial charge in [0.05, 0.1) is 18.1 Å². The van der Waals surface area contributed by atoms with Gasteiger partial charge in [0.15, 0.2) is 0 Å². The maximum Gasteiger partial charge on any atom is 0.223 e. The molecule has 6 heteroatoms. The zero-order chi connectivity index (χ0) is 14.1. The molecule has 0 bridgehead atoms. The molecule has 19 heavy (non-hydrogen) atoms. The predicted octanol–water partition coefficient (Wildman–Crippen LogP) is 2.49. The number of benzene rings is 1. The van der Waals surface area contributed by atoms with Gasteiger partial charge in [0.25, 0.3) is 0 Å². The first-order valence-corrected chi connectivity index (χ1v) is 6.88. The molecular weight excluding hydrogens is 287 g/mol. The van der Waals surface area contributed by atoms with Crippen molar-refractivity contribution in [1.29, 1.82) is 0 Å². The molecule has 0 aliphatic carbocycles. The number of hydrogen-bond donors (Lipinski definition) is 2. The summed E-state index contributed by atoms with van der Waals surface area (Å²) in [5.74, 6) is 0.509. The molecule has 106 valence electrons. The Morgan fingerprint density at radius 2 is 2.11 bits per heavy atom. The highest BCUT2D eigenvalue weighted by molar-refractivity contribution is 6.35. The number of carbonyl (C=O) groups excluding carboxylic acids is 1.